The van der Waals surface area contributed by atoms with Gasteiger partial charge in [-0.2, -0.15) is 0 Å². The van der Waals surface area contributed by atoms with Gasteiger partial charge in [0.15, 0.2) is 0 Å². The molecule has 23 heavy (non-hydrogen) atoms. The third kappa shape index (κ3) is 2.61. The Hall–Kier alpha value is -2.60. The number of hydrogen-bond donors (Lipinski definition) is 0. The molecule has 0 atom stereocenters. The van der Waals surface area contributed by atoms with Crippen molar-refractivity contribution in [2.75, 3.05) is 0 Å². The van der Waals surface area contributed by atoms with E-state index >= 15 is 0 Å². The quantitative estimate of drug-likeness (QED) is 0.332. The lowest BCUT2D eigenvalue weighted by atomic mass is 9.89. The standard InChI is InChI=1S/C21H16.C2H6/c1-15-17-11-5-7-13-19(17)21(16-9-3-2-4-10-16)20-14-8-6-12-18(15)20;1-2/h2-14H,1H3;1-2H3. The van der Waals surface area contributed by atoms with Gasteiger partial charge < -0.3 is 0 Å². The molecule has 0 saturated carbocycles. The minimum absolute atomic E-state index is 1.28. The van der Waals surface area contributed by atoms with Crippen LogP contribution in [0.1, 0.15) is 19.4 Å². The minimum atomic E-state index is 1.28. The van der Waals surface area contributed by atoms with Crippen LogP contribution in [0.25, 0.3) is 32.7 Å². The normalized spacial score (nSPS) is 10.4. The van der Waals surface area contributed by atoms with Crippen LogP contribution in [0.2, 0.25) is 0 Å². The van der Waals surface area contributed by atoms with Crippen molar-refractivity contribution in [1.82, 2.24) is 0 Å². The van der Waals surface area contributed by atoms with Gasteiger partial charge in [-0.05, 0) is 45.2 Å². The first-order valence-electron chi connectivity index (χ1n) is 8.32. The SMILES string of the molecule is CC.Cc1c2ccccc2c(-c2ccccc2)c2ccccc12. The van der Waals surface area contributed by atoms with Gasteiger partial charge in [-0.25, -0.2) is 0 Å². The molecular formula is C23H22. The Bertz CT molecular complexity index is 877. The second kappa shape index (κ2) is 6.66. The molecule has 0 aliphatic rings. The molecule has 4 aromatic carbocycles. The summed E-state index contributed by atoms with van der Waals surface area (Å²) < 4.78 is 0. The maximum Gasteiger partial charge on any atom is -0.00266 e. The van der Waals surface area contributed by atoms with E-state index in [-0.39, 0.29) is 0 Å². The minimum Gasteiger partial charge on any atom is -0.0683 e. The van der Waals surface area contributed by atoms with Gasteiger partial charge in [-0.15, -0.1) is 0 Å². The lowest BCUT2D eigenvalue weighted by Crippen LogP contribution is -1.88. The van der Waals surface area contributed by atoms with Crippen LogP contribution >= 0.6 is 0 Å². The van der Waals surface area contributed by atoms with Gasteiger partial charge in [0.2, 0.25) is 0 Å². The molecule has 0 N–H and O–H groups in total. The lowest BCUT2D eigenvalue weighted by Gasteiger charge is -2.15. The molecule has 114 valence electrons. The Morgan fingerprint density at radius 2 is 0.870 bits per heavy atom. The lowest BCUT2D eigenvalue weighted by molar-refractivity contribution is 1.50. The molecule has 0 nitrogen and oxygen atoms in total. The molecule has 0 bridgehead atoms. The van der Waals surface area contributed by atoms with Gasteiger partial charge in [-0.3, -0.25) is 0 Å². The zero-order valence-electron chi connectivity index (χ0n) is 14.0. The van der Waals surface area contributed by atoms with Crippen molar-refractivity contribution < 1.29 is 0 Å². The highest BCUT2D eigenvalue weighted by molar-refractivity contribution is 6.14. The number of fused-ring (bicyclic) bond motifs is 2. The molecule has 4 aromatic rings. The number of hydrogen-bond acceptors (Lipinski definition) is 0. The summed E-state index contributed by atoms with van der Waals surface area (Å²) in [4.78, 5) is 0. The molecule has 0 amide bonds. The molecule has 0 heterocycles. The molecule has 0 unspecified atom stereocenters. The summed E-state index contributed by atoms with van der Waals surface area (Å²) in [7, 11) is 0. The van der Waals surface area contributed by atoms with Crippen LogP contribution in [-0.4, -0.2) is 0 Å². The van der Waals surface area contributed by atoms with Gasteiger partial charge in [0.1, 0.15) is 0 Å². The van der Waals surface area contributed by atoms with E-state index in [9.17, 15) is 0 Å². The van der Waals surface area contributed by atoms with E-state index < -0.39 is 0 Å². The average molecular weight is 298 g/mol. The van der Waals surface area contributed by atoms with E-state index in [4.69, 9.17) is 0 Å². The van der Waals surface area contributed by atoms with Crippen molar-refractivity contribution in [3.8, 4) is 11.1 Å². The van der Waals surface area contributed by atoms with E-state index in [1.165, 1.54) is 38.2 Å². The van der Waals surface area contributed by atoms with Gasteiger partial charge in [-0.1, -0.05) is 92.7 Å². The predicted octanol–water partition coefficient (Wildman–Crippen LogP) is 6.99. The van der Waals surface area contributed by atoms with Gasteiger partial charge in [0.25, 0.3) is 0 Å². The molecule has 0 radical (unpaired) electrons. The third-order valence-electron chi connectivity index (χ3n) is 4.26. The topological polar surface area (TPSA) is 0 Å². The van der Waals surface area contributed by atoms with Crippen molar-refractivity contribution in [3.63, 3.8) is 0 Å². The van der Waals surface area contributed by atoms with E-state index in [2.05, 4.69) is 85.8 Å². The Balaban J connectivity index is 0.000000753. The Morgan fingerprint density at radius 1 is 0.478 bits per heavy atom. The molecule has 0 fully saturated rings. The first-order chi connectivity index (χ1) is 11.4. The predicted molar refractivity (Wildman–Crippen MR) is 103 cm³/mol. The van der Waals surface area contributed by atoms with Crippen LogP contribution in [0.5, 0.6) is 0 Å². The van der Waals surface area contributed by atoms with Gasteiger partial charge in [0.05, 0.1) is 0 Å². The monoisotopic (exact) mass is 298 g/mol. The number of benzene rings is 4. The summed E-state index contributed by atoms with van der Waals surface area (Å²) in [6, 6.07) is 28.1. The number of rotatable bonds is 1. The first-order valence-corrected chi connectivity index (χ1v) is 8.32. The fourth-order valence-corrected chi connectivity index (χ4v) is 3.26. The highest BCUT2D eigenvalue weighted by Gasteiger charge is 2.11. The second-order valence-electron chi connectivity index (χ2n) is 5.46. The molecule has 0 spiro atoms. The van der Waals surface area contributed by atoms with Crippen LogP contribution in [0.3, 0.4) is 0 Å². The molecule has 0 saturated heterocycles. The zero-order valence-corrected chi connectivity index (χ0v) is 14.0. The van der Waals surface area contributed by atoms with E-state index in [1.807, 2.05) is 13.8 Å². The fourth-order valence-electron chi connectivity index (χ4n) is 3.26. The largest absolute Gasteiger partial charge is 0.0683 e. The van der Waals surface area contributed by atoms with Crippen molar-refractivity contribution in [2.24, 2.45) is 0 Å². The van der Waals surface area contributed by atoms with Crippen molar-refractivity contribution in [1.29, 1.82) is 0 Å². The van der Waals surface area contributed by atoms with Crippen LogP contribution in [0.4, 0.5) is 0 Å². The van der Waals surface area contributed by atoms with Crippen molar-refractivity contribution in [3.05, 3.63) is 84.4 Å². The Morgan fingerprint density at radius 3 is 1.35 bits per heavy atom. The van der Waals surface area contributed by atoms with E-state index in [0.29, 0.717) is 0 Å². The van der Waals surface area contributed by atoms with Crippen LogP contribution in [0, 0.1) is 6.92 Å². The maximum atomic E-state index is 2.23. The number of aryl methyl sites for hydroxylation is 1. The highest BCUT2D eigenvalue weighted by atomic mass is 14.1. The molecule has 0 aliphatic carbocycles. The summed E-state index contributed by atoms with van der Waals surface area (Å²) in [6.45, 7) is 6.22. The van der Waals surface area contributed by atoms with E-state index in [1.54, 1.807) is 0 Å². The van der Waals surface area contributed by atoms with Crippen molar-refractivity contribution in [2.45, 2.75) is 20.8 Å². The molecule has 0 aromatic heterocycles. The van der Waals surface area contributed by atoms with Crippen LogP contribution in [-0.2, 0) is 0 Å². The second-order valence-corrected chi connectivity index (χ2v) is 5.46. The third-order valence-corrected chi connectivity index (χ3v) is 4.26. The summed E-state index contributed by atoms with van der Waals surface area (Å²) in [5, 5.41) is 5.35. The Kier molecular flexibility index (Phi) is 4.43. The fraction of sp³-hybridized carbons (Fsp3) is 0.130. The van der Waals surface area contributed by atoms with Crippen LogP contribution in [0.15, 0.2) is 78.9 Å². The molecule has 0 heteroatoms. The van der Waals surface area contributed by atoms with E-state index in [0.717, 1.165) is 0 Å². The summed E-state index contributed by atoms with van der Waals surface area (Å²) in [5.41, 5.74) is 3.98. The highest BCUT2D eigenvalue weighted by Crippen LogP contribution is 2.38. The molecule has 0 aliphatic heterocycles. The summed E-state index contributed by atoms with van der Waals surface area (Å²) >= 11 is 0. The smallest absolute Gasteiger partial charge is 0.00266 e. The summed E-state index contributed by atoms with van der Waals surface area (Å²) in [5.74, 6) is 0. The van der Waals surface area contributed by atoms with Gasteiger partial charge >= 0.3 is 0 Å². The van der Waals surface area contributed by atoms with Crippen molar-refractivity contribution >= 4 is 21.5 Å². The maximum absolute atomic E-state index is 2.23. The summed E-state index contributed by atoms with van der Waals surface area (Å²) in [6.07, 6.45) is 0. The Labute approximate surface area is 138 Å². The zero-order chi connectivity index (χ0) is 16.2. The average Bonchev–Trinajstić information content (AvgIpc) is 2.65. The first kappa shape index (κ1) is 15.3. The van der Waals surface area contributed by atoms with Gasteiger partial charge in [0, 0.05) is 0 Å². The molecule has 4 rings (SSSR count). The van der Waals surface area contributed by atoms with Crippen LogP contribution < -0.4 is 0 Å². The molecular weight excluding hydrogens is 276 g/mol.